The maximum Gasteiger partial charge on any atom is 0.250 e. The van der Waals surface area contributed by atoms with Gasteiger partial charge in [-0.2, -0.15) is 0 Å². The molecule has 22 heavy (non-hydrogen) atoms. The highest BCUT2D eigenvalue weighted by atomic mass is 32.2. The third-order valence-electron chi connectivity index (χ3n) is 2.59. The van der Waals surface area contributed by atoms with E-state index in [1.54, 1.807) is 24.6 Å². The molecule has 3 N–H and O–H groups in total. The van der Waals surface area contributed by atoms with Crippen LogP contribution in [-0.4, -0.2) is 54.3 Å². The van der Waals surface area contributed by atoms with Gasteiger partial charge in [-0.3, -0.25) is 4.99 Å². The third kappa shape index (κ3) is 7.21. The molecule has 0 aliphatic carbocycles. The van der Waals surface area contributed by atoms with Crippen molar-refractivity contribution in [1.82, 2.24) is 15.4 Å². The number of nitrogens with one attached hydrogen (secondary N) is 3. The molecule has 1 heterocycles. The zero-order valence-electron chi connectivity index (χ0n) is 13.0. The van der Waals surface area contributed by atoms with Crippen LogP contribution < -0.4 is 15.4 Å². The Labute approximate surface area is 136 Å². The second kappa shape index (κ2) is 10.5. The summed E-state index contributed by atoms with van der Waals surface area (Å²) in [5.41, 5.74) is 0. The lowest BCUT2D eigenvalue weighted by molar-refractivity contribution is 0.197. The Morgan fingerprint density at radius 3 is 2.82 bits per heavy atom. The molecule has 1 rings (SSSR count). The third-order valence-corrected chi connectivity index (χ3v) is 5.45. The molecule has 0 unspecified atom stereocenters. The van der Waals surface area contributed by atoms with Crippen LogP contribution >= 0.6 is 11.3 Å². The molecule has 0 spiro atoms. The smallest absolute Gasteiger partial charge is 0.250 e. The molecule has 0 aromatic carbocycles. The van der Waals surface area contributed by atoms with Gasteiger partial charge >= 0.3 is 0 Å². The molecule has 0 aliphatic rings. The number of aliphatic imine (C=N–C) groups is 1. The number of rotatable bonds is 10. The second-order valence-corrected chi connectivity index (χ2v) is 7.31. The number of guanidine groups is 1. The van der Waals surface area contributed by atoms with Crippen molar-refractivity contribution in [3.63, 3.8) is 0 Å². The van der Waals surface area contributed by atoms with E-state index < -0.39 is 10.0 Å². The number of thiophene rings is 1. The van der Waals surface area contributed by atoms with Crippen molar-refractivity contribution in [2.24, 2.45) is 4.99 Å². The van der Waals surface area contributed by atoms with Crippen LogP contribution in [0.15, 0.2) is 26.7 Å². The van der Waals surface area contributed by atoms with E-state index in [1.807, 2.05) is 6.92 Å². The molecule has 0 amide bonds. The van der Waals surface area contributed by atoms with Gasteiger partial charge in [-0.1, -0.05) is 6.07 Å². The van der Waals surface area contributed by atoms with E-state index in [9.17, 15) is 8.42 Å². The monoisotopic (exact) mass is 348 g/mol. The molecule has 9 heteroatoms. The predicted octanol–water partition coefficient (Wildman–Crippen LogP) is 0.618. The Balaban J connectivity index is 2.33. The summed E-state index contributed by atoms with van der Waals surface area (Å²) < 4.78 is 31.7. The lowest BCUT2D eigenvalue weighted by Gasteiger charge is -2.11. The predicted molar refractivity (Wildman–Crippen MR) is 90.0 cm³/mol. The van der Waals surface area contributed by atoms with Gasteiger partial charge in [-0.25, -0.2) is 13.1 Å². The van der Waals surface area contributed by atoms with Crippen molar-refractivity contribution in [3.8, 4) is 0 Å². The quantitative estimate of drug-likeness (QED) is 0.327. The largest absolute Gasteiger partial charge is 0.385 e. The van der Waals surface area contributed by atoms with Crippen molar-refractivity contribution >= 4 is 27.3 Å². The fourth-order valence-corrected chi connectivity index (χ4v) is 3.66. The van der Waals surface area contributed by atoms with E-state index in [-0.39, 0.29) is 0 Å². The lowest BCUT2D eigenvalue weighted by atomic mass is 10.5. The summed E-state index contributed by atoms with van der Waals surface area (Å²) in [7, 11) is -1.74. The highest BCUT2D eigenvalue weighted by molar-refractivity contribution is 7.91. The van der Waals surface area contributed by atoms with Crippen molar-refractivity contribution in [1.29, 1.82) is 0 Å². The molecule has 1 aromatic heterocycles. The van der Waals surface area contributed by atoms with Gasteiger partial charge in [0, 0.05) is 39.9 Å². The number of ether oxygens (including phenoxy) is 1. The highest BCUT2D eigenvalue weighted by Gasteiger charge is 2.13. The Kier molecular flexibility index (Phi) is 9.05. The van der Waals surface area contributed by atoms with Crippen molar-refractivity contribution < 1.29 is 13.2 Å². The van der Waals surface area contributed by atoms with Gasteiger partial charge in [-0.15, -0.1) is 11.3 Å². The summed E-state index contributed by atoms with van der Waals surface area (Å²) in [5.74, 6) is 0.675. The molecule has 0 bridgehead atoms. The van der Waals surface area contributed by atoms with Crippen LogP contribution in [0.1, 0.15) is 13.3 Å². The Hall–Kier alpha value is -1.16. The Morgan fingerprint density at radius 2 is 2.18 bits per heavy atom. The molecular weight excluding hydrogens is 324 g/mol. The minimum Gasteiger partial charge on any atom is -0.385 e. The van der Waals surface area contributed by atoms with Crippen LogP contribution in [-0.2, 0) is 14.8 Å². The van der Waals surface area contributed by atoms with Crippen LogP contribution in [0, 0.1) is 0 Å². The topological polar surface area (TPSA) is 91.8 Å². The van der Waals surface area contributed by atoms with E-state index in [0.29, 0.717) is 36.4 Å². The van der Waals surface area contributed by atoms with Crippen LogP contribution in [0.4, 0.5) is 0 Å². The van der Waals surface area contributed by atoms with Gasteiger partial charge in [0.1, 0.15) is 4.21 Å². The van der Waals surface area contributed by atoms with Crippen molar-refractivity contribution in [2.75, 3.05) is 39.9 Å². The average Bonchev–Trinajstić information content (AvgIpc) is 3.03. The molecule has 0 saturated carbocycles. The zero-order chi connectivity index (χ0) is 16.3. The number of methoxy groups -OCH3 is 1. The van der Waals surface area contributed by atoms with E-state index >= 15 is 0 Å². The van der Waals surface area contributed by atoms with Crippen molar-refractivity contribution in [2.45, 2.75) is 17.6 Å². The molecule has 126 valence electrons. The normalized spacial score (nSPS) is 12.4. The van der Waals surface area contributed by atoms with Gasteiger partial charge < -0.3 is 15.4 Å². The number of hydrogen-bond acceptors (Lipinski definition) is 5. The summed E-state index contributed by atoms with van der Waals surface area (Å²) in [6.07, 6.45) is 0.845. The van der Waals surface area contributed by atoms with Crippen LogP contribution in [0.3, 0.4) is 0 Å². The first-order chi connectivity index (χ1) is 10.6. The maximum absolute atomic E-state index is 11.9. The molecule has 0 fully saturated rings. The first-order valence-electron chi connectivity index (χ1n) is 7.14. The zero-order valence-corrected chi connectivity index (χ0v) is 14.6. The fourth-order valence-electron chi connectivity index (χ4n) is 1.60. The summed E-state index contributed by atoms with van der Waals surface area (Å²) >= 11 is 1.20. The number of sulfonamides is 1. The first-order valence-corrected chi connectivity index (χ1v) is 9.50. The molecule has 1 aromatic rings. The van der Waals surface area contributed by atoms with Crippen LogP contribution in [0.5, 0.6) is 0 Å². The Bertz CT molecular complexity index is 529. The molecule has 0 radical (unpaired) electrons. The number of hydrogen-bond donors (Lipinski definition) is 3. The summed E-state index contributed by atoms with van der Waals surface area (Å²) in [6, 6.07) is 3.30. The average molecular weight is 348 g/mol. The van der Waals surface area contributed by atoms with E-state index in [2.05, 4.69) is 20.3 Å². The van der Waals surface area contributed by atoms with E-state index in [4.69, 9.17) is 4.74 Å². The minimum atomic E-state index is -3.40. The van der Waals surface area contributed by atoms with Gasteiger partial charge in [-0.05, 0) is 24.8 Å². The SMILES string of the molecule is CCNC(=NCCCOC)NCCNS(=O)(=O)c1cccs1. The van der Waals surface area contributed by atoms with E-state index in [0.717, 1.165) is 13.0 Å². The van der Waals surface area contributed by atoms with Gasteiger partial charge in [0.2, 0.25) is 10.0 Å². The molecule has 0 aliphatic heterocycles. The van der Waals surface area contributed by atoms with Crippen LogP contribution in [0.2, 0.25) is 0 Å². The molecular formula is C13H24N4O3S2. The molecule has 7 nitrogen and oxygen atoms in total. The van der Waals surface area contributed by atoms with Crippen molar-refractivity contribution in [3.05, 3.63) is 17.5 Å². The van der Waals surface area contributed by atoms with Gasteiger partial charge in [0.05, 0.1) is 0 Å². The molecule has 0 atom stereocenters. The first kappa shape index (κ1) is 18.9. The van der Waals surface area contributed by atoms with E-state index in [1.165, 1.54) is 11.3 Å². The standard InChI is InChI=1S/C13H24N4O3S2/c1-3-14-13(15-7-5-10-20-2)16-8-9-17-22(18,19)12-6-4-11-21-12/h4,6,11,17H,3,5,7-10H2,1-2H3,(H2,14,15,16). The van der Waals surface area contributed by atoms with Crippen LogP contribution in [0.25, 0.3) is 0 Å². The second-order valence-electron chi connectivity index (χ2n) is 4.36. The molecule has 0 saturated heterocycles. The minimum absolute atomic E-state index is 0.294. The number of nitrogens with zero attached hydrogens (tertiary/aromatic N) is 1. The summed E-state index contributed by atoms with van der Waals surface area (Å²) in [6.45, 7) is 4.81. The summed E-state index contributed by atoms with van der Waals surface area (Å²) in [5, 5.41) is 7.94. The maximum atomic E-state index is 11.9. The fraction of sp³-hybridized carbons (Fsp3) is 0.615. The lowest BCUT2D eigenvalue weighted by Crippen LogP contribution is -2.41. The Morgan fingerprint density at radius 1 is 1.36 bits per heavy atom. The summed E-state index contributed by atoms with van der Waals surface area (Å²) in [4.78, 5) is 4.37. The van der Waals surface area contributed by atoms with Gasteiger partial charge in [0.15, 0.2) is 5.96 Å². The highest BCUT2D eigenvalue weighted by Crippen LogP contribution is 2.14. The van der Waals surface area contributed by atoms with Gasteiger partial charge in [0.25, 0.3) is 0 Å².